The van der Waals surface area contributed by atoms with Gasteiger partial charge in [0.2, 0.25) is 0 Å². The van der Waals surface area contributed by atoms with Crippen molar-refractivity contribution < 1.29 is 0 Å². The number of fused-ring (bicyclic) bond motifs is 1. The molecule has 2 nitrogen and oxygen atoms in total. The van der Waals surface area contributed by atoms with Gasteiger partial charge < -0.3 is 4.98 Å². The van der Waals surface area contributed by atoms with Crippen LogP contribution in [0.3, 0.4) is 0 Å². The molecule has 2 atom stereocenters. The number of hydrogen-bond acceptors (Lipinski definition) is 1. The van der Waals surface area contributed by atoms with Gasteiger partial charge in [-0.25, -0.2) is 0 Å². The fraction of sp³-hybridized carbons (Fsp3) is 0.692. The smallest absolute Gasteiger partial charge is 0.0343 e. The zero-order chi connectivity index (χ0) is 11.0. The molecule has 2 heterocycles. The average Bonchev–Trinajstić information content (AvgIpc) is 2.64. The van der Waals surface area contributed by atoms with E-state index in [1.54, 1.807) is 0 Å². The lowest BCUT2D eigenvalue weighted by atomic mass is 9.91. The van der Waals surface area contributed by atoms with Gasteiger partial charge in [-0.2, -0.15) is 0 Å². The summed E-state index contributed by atoms with van der Waals surface area (Å²) >= 11 is 0. The van der Waals surface area contributed by atoms with Crippen LogP contribution < -0.4 is 0 Å². The minimum absolute atomic E-state index is 0.560. The van der Waals surface area contributed by atoms with Gasteiger partial charge in [-0.05, 0) is 38.8 Å². The summed E-state index contributed by atoms with van der Waals surface area (Å²) < 4.78 is 0. The average molecular weight is 206 g/mol. The first kappa shape index (κ1) is 10.7. The fourth-order valence-electron chi connectivity index (χ4n) is 3.03. The molecular weight excluding hydrogens is 184 g/mol. The summed E-state index contributed by atoms with van der Waals surface area (Å²) in [6.07, 6.45) is 4.50. The first-order chi connectivity index (χ1) is 7.15. The number of rotatable bonds is 2. The van der Waals surface area contributed by atoms with E-state index < -0.39 is 0 Å². The van der Waals surface area contributed by atoms with Gasteiger partial charge in [-0.15, -0.1) is 0 Å². The fourth-order valence-corrected chi connectivity index (χ4v) is 3.03. The molecule has 0 saturated heterocycles. The molecule has 0 spiro atoms. The molecule has 0 radical (unpaired) electrons. The Bertz CT molecular complexity index is 327. The third-order valence-electron chi connectivity index (χ3n) is 3.70. The van der Waals surface area contributed by atoms with E-state index in [4.69, 9.17) is 0 Å². The third-order valence-corrected chi connectivity index (χ3v) is 3.70. The molecule has 0 aliphatic carbocycles. The summed E-state index contributed by atoms with van der Waals surface area (Å²) in [4.78, 5) is 6.03. The second-order valence-corrected chi connectivity index (χ2v) is 4.89. The topological polar surface area (TPSA) is 19.0 Å². The number of nitrogens with zero attached hydrogens (tertiary/aromatic N) is 1. The van der Waals surface area contributed by atoms with Gasteiger partial charge in [0.05, 0.1) is 0 Å². The summed E-state index contributed by atoms with van der Waals surface area (Å²) in [6, 6.07) is 4.13. The number of hydrogen-bond donors (Lipinski definition) is 1. The van der Waals surface area contributed by atoms with E-state index in [9.17, 15) is 0 Å². The van der Waals surface area contributed by atoms with Crippen LogP contribution in [-0.2, 0) is 6.42 Å². The van der Waals surface area contributed by atoms with Crippen molar-refractivity contribution in [1.82, 2.24) is 9.88 Å². The van der Waals surface area contributed by atoms with Crippen LogP contribution in [0.15, 0.2) is 12.3 Å². The van der Waals surface area contributed by atoms with Crippen LogP contribution in [0.25, 0.3) is 0 Å². The van der Waals surface area contributed by atoms with Crippen LogP contribution in [0, 0.1) is 0 Å². The van der Waals surface area contributed by atoms with E-state index in [1.807, 2.05) is 0 Å². The van der Waals surface area contributed by atoms with E-state index in [0.29, 0.717) is 18.1 Å². The molecule has 2 heteroatoms. The SMILES string of the molecule is CC[C@@H]1Cc2[nH]ccc2[C@H](C)N1C(C)C. The molecule has 1 aromatic heterocycles. The maximum atomic E-state index is 3.39. The number of H-pyrrole nitrogens is 1. The summed E-state index contributed by atoms with van der Waals surface area (Å²) in [5, 5.41) is 0. The Hall–Kier alpha value is -0.760. The van der Waals surface area contributed by atoms with E-state index >= 15 is 0 Å². The van der Waals surface area contributed by atoms with Crippen LogP contribution in [-0.4, -0.2) is 22.0 Å². The van der Waals surface area contributed by atoms with E-state index in [2.05, 4.69) is 49.8 Å². The van der Waals surface area contributed by atoms with Gasteiger partial charge >= 0.3 is 0 Å². The predicted molar refractivity (Wildman–Crippen MR) is 64.0 cm³/mol. The van der Waals surface area contributed by atoms with Gasteiger partial charge in [0.15, 0.2) is 0 Å². The molecule has 2 rings (SSSR count). The van der Waals surface area contributed by atoms with E-state index in [-0.39, 0.29) is 0 Å². The first-order valence-electron chi connectivity index (χ1n) is 6.08. The second kappa shape index (κ2) is 4.01. The maximum Gasteiger partial charge on any atom is 0.0343 e. The monoisotopic (exact) mass is 206 g/mol. The van der Waals surface area contributed by atoms with Crippen LogP contribution in [0.2, 0.25) is 0 Å². The van der Waals surface area contributed by atoms with Gasteiger partial charge in [0.25, 0.3) is 0 Å². The molecule has 1 aliphatic heterocycles. The molecular formula is C13H22N2. The summed E-state index contributed by atoms with van der Waals surface area (Å²) in [7, 11) is 0. The van der Waals surface area contributed by atoms with Crippen molar-refractivity contribution >= 4 is 0 Å². The van der Waals surface area contributed by atoms with Gasteiger partial charge in [0, 0.05) is 36.4 Å². The van der Waals surface area contributed by atoms with Gasteiger partial charge in [-0.3, -0.25) is 4.90 Å². The summed E-state index contributed by atoms with van der Waals surface area (Å²) in [5.74, 6) is 0. The predicted octanol–water partition coefficient (Wildman–Crippen LogP) is 3.12. The summed E-state index contributed by atoms with van der Waals surface area (Å²) in [6.45, 7) is 9.23. The lowest BCUT2D eigenvalue weighted by molar-refractivity contribution is 0.0863. The highest BCUT2D eigenvalue weighted by Crippen LogP contribution is 2.34. The van der Waals surface area contributed by atoms with Gasteiger partial charge in [0.1, 0.15) is 0 Å². The van der Waals surface area contributed by atoms with Crippen molar-refractivity contribution in [2.24, 2.45) is 0 Å². The van der Waals surface area contributed by atoms with Gasteiger partial charge in [-0.1, -0.05) is 6.92 Å². The van der Waals surface area contributed by atoms with E-state index in [0.717, 1.165) is 0 Å². The highest BCUT2D eigenvalue weighted by Gasteiger charge is 2.32. The first-order valence-corrected chi connectivity index (χ1v) is 6.08. The molecule has 15 heavy (non-hydrogen) atoms. The quantitative estimate of drug-likeness (QED) is 0.787. The Morgan fingerprint density at radius 2 is 2.27 bits per heavy atom. The van der Waals surface area contributed by atoms with Crippen molar-refractivity contribution in [3.05, 3.63) is 23.5 Å². The second-order valence-electron chi connectivity index (χ2n) is 4.89. The highest BCUT2D eigenvalue weighted by atomic mass is 15.2. The molecule has 0 amide bonds. The standard InChI is InChI=1S/C13H22N2/c1-5-11-8-13-12(6-7-14-13)10(4)15(11)9(2)3/h6-7,9-11,14H,5,8H2,1-4H3/t10-,11+/m0/s1. The molecule has 1 aliphatic rings. The molecule has 1 aromatic rings. The number of aromatic amines is 1. The molecule has 0 aromatic carbocycles. The van der Waals surface area contributed by atoms with Crippen molar-refractivity contribution in [3.63, 3.8) is 0 Å². The largest absolute Gasteiger partial charge is 0.365 e. The Balaban J connectivity index is 2.33. The van der Waals surface area contributed by atoms with Crippen molar-refractivity contribution in [1.29, 1.82) is 0 Å². The van der Waals surface area contributed by atoms with Crippen molar-refractivity contribution in [2.75, 3.05) is 0 Å². The van der Waals surface area contributed by atoms with Crippen molar-refractivity contribution in [3.8, 4) is 0 Å². The van der Waals surface area contributed by atoms with E-state index in [1.165, 1.54) is 24.1 Å². The minimum Gasteiger partial charge on any atom is -0.365 e. The molecule has 1 N–H and O–H groups in total. The Kier molecular flexibility index (Phi) is 2.87. The van der Waals surface area contributed by atoms with Crippen molar-refractivity contribution in [2.45, 2.75) is 58.7 Å². The Labute approximate surface area is 92.7 Å². The van der Waals surface area contributed by atoms with Crippen LogP contribution in [0.5, 0.6) is 0 Å². The molecule has 0 bridgehead atoms. The lowest BCUT2D eigenvalue weighted by Crippen LogP contribution is -2.46. The van der Waals surface area contributed by atoms with Crippen LogP contribution in [0.1, 0.15) is 51.4 Å². The number of nitrogens with one attached hydrogen (secondary N) is 1. The zero-order valence-corrected chi connectivity index (χ0v) is 10.2. The molecule has 0 fully saturated rings. The normalized spacial score (nSPS) is 27.0. The Morgan fingerprint density at radius 3 is 2.87 bits per heavy atom. The van der Waals surface area contributed by atoms with Crippen LogP contribution in [0.4, 0.5) is 0 Å². The summed E-state index contributed by atoms with van der Waals surface area (Å²) in [5.41, 5.74) is 2.94. The molecule has 84 valence electrons. The third kappa shape index (κ3) is 1.71. The molecule has 0 unspecified atom stereocenters. The zero-order valence-electron chi connectivity index (χ0n) is 10.2. The highest BCUT2D eigenvalue weighted by molar-refractivity contribution is 5.28. The minimum atomic E-state index is 0.560. The van der Waals surface area contributed by atoms with Crippen LogP contribution >= 0.6 is 0 Å². The Morgan fingerprint density at radius 1 is 1.53 bits per heavy atom. The number of aromatic nitrogens is 1. The molecule has 0 saturated carbocycles. The lowest BCUT2D eigenvalue weighted by Gasteiger charge is -2.43. The maximum absolute atomic E-state index is 3.39.